The van der Waals surface area contributed by atoms with Gasteiger partial charge in [-0.2, -0.15) is 17.5 Å². The number of ether oxygens (including phenoxy) is 1. The number of alkyl halides is 3. The monoisotopic (exact) mass is 403 g/mol. The highest BCUT2D eigenvalue weighted by molar-refractivity contribution is 7.90. The van der Waals surface area contributed by atoms with Gasteiger partial charge in [0.25, 0.3) is 0 Å². The van der Waals surface area contributed by atoms with Crippen LogP contribution in [0.15, 0.2) is 24.3 Å². The van der Waals surface area contributed by atoms with Crippen LogP contribution in [0.1, 0.15) is 18.5 Å². The van der Waals surface area contributed by atoms with Gasteiger partial charge in [-0.05, 0) is 31.9 Å². The van der Waals surface area contributed by atoms with Crippen LogP contribution in [0.5, 0.6) is 5.75 Å². The fraction of sp³-hybridized carbons (Fsp3) is 0.471. The van der Waals surface area contributed by atoms with Gasteiger partial charge in [-0.15, -0.1) is 0 Å². The van der Waals surface area contributed by atoms with Crippen molar-refractivity contribution in [3.8, 4) is 5.75 Å². The van der Waals surface area contributed by atoms with E-state index in [9.17, 15) is 21.6 Å². The van der Waals surface area contributed by atoms with E-state index < -0.39 is 15.5 Å². The average molecular weight is 403 g/mol. The maximum Gasteiger partial charge on any atom is 0.511 e. The van der Waals surface area contributed by atoms with E-state index in [1.54, 1.807) is 13.2 Å². The Hall–Kier alpha value is -2.07. The van der Waals surface area contributed by atoms with Crippen LogP contribution in [0.3, 0.4) is 0 Å². The molecule has 0 amide bonds. The number of benzene rings is 1. The van der Waals surface area contributed by atoms with Crippen LogP contribution in [-0.2, 0) is 10.0 Å². The summed E-state index contributed by atoms with van der Waals surface area (Å²) in [7, 11) is -3.71. The summed E-state index contributed by atoms with van der Waals surface area (Å²) in [5.41, 5.74) is -3.00. The zero-order valence-corrected chi connectivity index (χ0v) is 15.7. The van der Waals surface area contributed by atoms with Crippen LogP contribution in [0.25, 0.3) is 10.9 Å². The van der Waals surface area contributed by atoms with Crippen LogP contribution in [0, 0.1) is 6.92 Å². The molecule has 0 saturated carbocycles. The van der Waals surface area contributed by atoms with Gasteiger partial charge in [0.05, 0.1) is 7.11 Å². The van der Waals surface area contributed by atoms with Crippen LogP contribution in [0.2, 0.25) is 0 Å². The topological polar surface area (TPSA) is 71.5 Å². The third kappa shape index (κ3) is 3.81. The van der Waals surface area contributed by atoms with Crippen molar-refractivity contribution in [1.82, 2.24) is 9.29 Å². The summed E-state index contributed by atoms with van der Waals surface area (Å²) in [6.45, 7) is 1.49. The minimum atomic E-state index is -5.27. The number of nitrogens with one attached hydrogen (secondary N) is 1. The first kappa shape index (κ1) is 19.7. The zero-order chi connectivity index (χ0) is 19.8. The van der Waals surface area contributed by atoms with E-state index in [1.807, 2.05) is 25.1 Å². The van der Waals surface area contributed by atoms with Crippen LogP contribution in [0.4, 0.5) is 18.9 Å². The Balaban J connectivity index is 1.79. The molecule has 3 rings (SSSR count). The third-order valence-corrected chi connectivity index (χ3v) is 6.23. The van der Waals surface area contributed by atoms with Crippen LogP contribution < -0.4 is 10.1 Å². The Morgan fingerprint density at radius 2 is 1.93 bits per heavy atom. The number of anilines is 1. The molecule has 1 aliphatic heterocycles. The molecule has 1 fully saturated rings. The largest absolute Gasteiger partial charge is 0.511 e. The zero-order valence-electron chi connectivity index (χ0n) is 14.9. The van der Waals surface area contributed by atoms with Crippen molar-refractivity contribution in [3.63, 3.8) is 0 Å². The number of methoxy groups -OCH3 is 1. The Bertz CT molecular complexity index is 940. The van der Waals surface area contributed by atoms with Crippen molar-refractivity contribution in [2.45, 2.75) is 31.3 Å². The lowest BCUT2D eigenvalue weighted by Crippen LogP contribution is -2.47. The predicted molar refractivity (Wildman–Crippen MR) is 96.2 cm³/mol. The summed E-state index contributed by atoms with van der Waals surface area (Å²) in [5.74, 6) is 0.630. The number of sulfonamides is 1. The molecular weight excluding hydrogens is 383 g/mol. The van der Waals surface area contributed by atoms with Crippen molar-refractivity contribution < 1.29 is 26.3 Å². The number of pyridine rings is 1. The number of aromatic nitrogens is 1. The molecule has 0 unspecified atom stereocenters. The van der Waals surface area contributed by atoms with E-state index in [2.05, 4.69) is 10.3 Å². The van der Waals surface area contributed by atoms with Crippen molar-refractivity contribution in [2.75, 3.05) is 25.5 Å². The summed E-state index contributed by atoms with van der Waals surface area (Å²) >= 11 is 0. The van der Waals surface area contributed by atoms with Crippen molar-refractivity contribution in [3.05, 3.63) is 30.0 Å². The molecule has 0 atom stereocenters. The fourth-order valence-electron chi connectivity index (χ4n) is 3.24. The number of para-hydroxylation sites is 1. The van der Waals surface area contributed by atoms with Gasteiger partial charge in [0.2, 0.25) is 0 Å². The molecule has 2 aromatic rings. The average Bonchev–Trinajstić information content (AvgIpc) is 2.60. The lowest BCUT2D eigenvalue weighted by Gasteiger charge is -2.32. The second-order valence-electron chi connectivity index (χ2n) is 6.44. The number of rotatable bonds is 4. The van der Waals surface area contributed by atoms with Gasteiger partial charge in [-0.3, -0.25) is 0 Å². The van der Waals surface area contributed by atoms with E-state index in [0.29, 0.717) is 15.6 Å². The second-order valence-corrected chi connectivity index (χ2v) is 8.37. The highest BCUT2D eigenvalue weighted by Crippen LogP contribution is 2.32. The smallest absolute Gasteiger partial charge is 0.494 e. The molecule has 0 radical (unpaired) electrons. The van der Waals surface area contributed by atoms with Crippen LogP contribution in [-0.4, -0.2) is 49.5 Å². The Labute approximate surface area is 155 Å². The Morgan fingerprint density at radius 1 is 1.26 bits per heavy atom. The quantitative estimate of drug-likeness (QED) is 0.848. The summed E-state index contributed by atoms with van der Waals surface area (Å²) in [6.07, 6.45) is 0.560. The number of nitrogens with zero attached hydrogens (tertiary/aromatic N) is 2. The van der Waals surface area contributed by atoms with Gasteiger partial charge in [0, 0.05) is 35.9 Å². The van der Waals surface area contributed by atoms with Gasteiger partial charge in [0.15, 0.2) is 0 Å². The summed E-state index contributed by atoms with van der Waals surface area (Å²) < 4.78 is 67.0. The molecule has 10 heteroatoms. The first-order valence-corrected chi connectivity index (χ1v) is 9.85. The number of halogens is 3. The molecular formula is C17H20F3N3O3S. The number of aryl methyl sites for hydroxylation is 1. The van der Waals surface area contributed by atoms with Crippen molar-refractivity contribution in [1.29, 1.82) is 0 Å². The number of hydrogen-bond acceptors (Lipinski definition) is 5. The van der Waals surface area contributed by atoms with Crippen LogP contribution >= 0.6 is 0 Å². The lowest BCUT2D eigenvalue weighted by atomic mass is 10.0. The minimum Gasteiger partial charge on any atom is -0.494 e. The number of fused-ring (bicyclic) bond motifs is 1. The maximum atomic E-state index is 12.7. The van der Waals surface area contributed by atoms with E-state index in [-0.39, 0.29) is 32.0 Å². The van der Waals surface area contributed by atoms with Gasteiger partial charge in [-0.1, -0.05) is 12.1 Å². The van der Waals surface area contributed by atoms with Gasteiger partial charge >= 0.3 is 15.5 Å². The molecule has 1 aliphatic rings. The maximum absolute atomic E-state index is 12.7. The lowest BCUT2D eigenvalue weighted by molar-refractivity contribution is -0.0494. The van der Waals surface area contributed by atoms with Gasteiger partial charge in [0.1, 0.15) is 11.3 Å². The van der Waals surface area contributed by atoms with Gasteiger partial charge in [-0.25, -0.2) is 13.4 Å². The standard InChI is InChI=1S/C17H20F3N3O3S/c1-11-10-14(13-4-3-5-15(26-2)16(13)21-11)22-12-6-8-23(9-7-12)27(24,25)17(18,19)20/h3-5,10,12H,6-9H2,1-2H3,(H,21,22). The highest BCUT2D eigenvalue weighted by atomic mass is 32.2. The van der Waals surface area contributed by atoms with Gasteiger partial charge < -0.3 is 10.1 Å². The molecule has 0 spiro atoms. The first-order chi connectivity index (χ1) is 12.6. The molecule has 2 heterocycles. The molecule has 1 N–H and O–H groups in total. The van der Waals surface area contributed by atoms with Crippen molar-refractivity contribution >= 4 is 26.6 Å². The highest BCUT2D eigenvalue weighted by Gasteiger charge is 2.50. The summed E-state index contributed by atoms with van der Waals surface area (Å²) in [5, 5.41) is 4.17. The molecule has 1 aromatic carbocycles. The molecule has 27 heavy (non-hydrogen) atoms. The molecule has 148 valence electrons. The Kier molecular flexibility index (Phi) is 5.22. The molecule has 1 saturated heterocycles. The first-order valence-electron chi connectivity index (χ1n) is 8.41. The number of hydrogen-bond donors (Lipinski definition) is 1. The molecule has 0 aliphatic carbocycles. The SMILES string of the molecule is COc1cccc2c(NC3CCN(S(=O)(=O)C(F)(F)F)CC3)cc(C)nc12. The minimum absolute atomic E-state index is 0.138. The third-order valence-electron chi connectivity index (χ3n) is 4.60. The van der Waals surface area contributed by atoms with E-state index in [4.69, 9.17) is 4.74 Å². The molecule has 6 nitrogen and oxygen atoms in total. The normalized spacial score (nSPS) is 17.2. The van der Waals surface area contributed by atoms with E-state index in [0.717, 1.165) is 16.8 Å². The molecule has 1 aromatic heterocycles. The number of piperidine rings is 1. The Morgan fingerprint density at radius 3 is 2.52 bits per heavy atom. The second kappa shape index (κ2) is 7.16. The van der Waals surface area contributed by atoms with E-state index >= 15 is 0 Å². The summed E-state index contributed by atoms with van der Waals surface area (Å²) in [6, 6.07) is 7.25. The van der Waals surface area contributed by atoms with E-state index in [1.165, 1.54) is 0 Å². The fourth-order valence-corrected chi connectivity index (χ4v) is 4.23. The van der Waals surface area contributed by atoms with Crippen molar-refractivity contribution in [2.24, 2.45) is 0 Å². The molecule has 0 bridgehead atoms. The predicted octanol–water partition coefficient (Wildman–Crippen LogP) is 3.28. The summed E-state index contributed by atoms with van der Waals surface area (Å²) in [4.78, 5) is 4.49.